The molecule has 1 atom stereocenters. The lowest BCUT2D eigenvalue weighted by molar-refractivity contribution is -0.120. The standard InChI is InChI=1S/C21H23FN6O2/c1-11(2)17(19(24)30)28(3)21-15(22)10-14(18(23)29)20(27-21)26-13-6-7-16-12(9-13)5-4-8-25-16/h4-11,17H,1-3H3,(H2,23,29)(H2,24,30)(H,26,27). The molecule has 9 heteroatoms. The Kier molecular flexibility index (Phi) is 5.81. The van der Waals surface area contributed by atoms with E-state index < -0.39 is 23.7 Å². The topological polar surface area (TPSA) is 127 Å². The Labute approximate surface area is 173 Å². The van der Waals surface area contributed by atoms with Gasteiger partial charge in [0.05, 0.1) is 11.1 Å². The Morgan fingerprint density at radius 1 is 1.17 bits per heavy atom. The lowest BCUT2D eigenvalue weighted by Gasteiger charge is -2.30. The van der Waals surface area contributed by atoms with Crippen LogP contribution in [0.2, 0.25) is 0 Å². The number of pyridine rings is 2. The highest BCUT2D eigenvalue weighted by molar-refractivity contribution is 5.99. The van der Waals surface area contributed by atoms with E-state index in [1.165, 1.54) is 11.9 Å². The quantitative estimate of drug-likeness (QED) is 0.549. The van der Waals surface area contributed by atoms with Crippen molar-refractivity contribution in [3.8, 4) is 0 Å². The molecule has 0 aliphatic heterocycles. The molecule has 0 aliphatic rings. The first kappa shape index (κ1) is 21.0. The van der Waals surface area contributed by atoms with Crippen molar-refractivity contribution in [2.75, 3.05) is 17.3 Å². The third-order valence-corrected chi connectivity index (χ3v) is 4.76. The monoisotopic (exact) mass is 410 g/mol. The van der Waals surface area contributed by atoms with E-state index in [1.54, 1.807) is 38.2 Å². The predicted octanol–water partition coefficient (Wildman–Crippen LogP) is 2.56. The molecule has 2 aromatic heterocycles. The number of likely N-dealkylation sites (N-methyl/N-ethyl adjacent to an activating group) is 1. The van der Waals surface area contributed by atoms with Crippen molar-refractivity contribution in [3.05, 3.63) is 54.0 Å². The minimum Gasteiger partial charge on any atom is -0.368 e. The summed E-state index contributed by atoms with van der Waals surface area (Å²) in [5, 5.41) is 3.89. The van der Waals surface area contributed by atoms with E-state index in [4.69, 9.17) is 11.5 Å². The van der Waals surface area contributed by atoms with E-state index >= 15 is 0 Å². The number of primary amides is 2. The number of benzene rings is 1. The number of halogens is 1. The number of fused-ring (bicyclic) bond motifs is 1. The number of nitrogens with zero attached hydrogens (tertiary/aromatic N) is 3. The van der Waals surface area contributed by atoms with Crippen LogP contribution in [0.25, 0.3) is 10.9 Å². The van der Waals surface area contributed by atoms with Gasteiger partial charge in [-0.3, -0.25) is 14.6 Å². The molecule has 0 saturated carbocycles. The van der Waals surface area contributed by atoms with Crippen LogP contribution in [-0.4, -0.2) is 34.9 Å². The smallest absolute Gasteiger partial charge is 0.252 e. The second kappa shape index (κ2) is 8.32. The van der Waals surface area contributed by atoms with Gasteiger partial charge in [-0.05, 0) is 36.2 Å². The fourth-order valence-corrected chi connectivity index (χ4v) is 3.40. The molecule has 30 heavy (non-hydrogen) atoms. The van der Waals surface area contributed by atoms with Crippen molar-refractivity contribution in [1.29, 1.82) is 0 Å². The van der Waals surface area contributed by atoms with Crippen LogP contribution >= 0.6 is 0 Å². The number of hydrogen-bond donors (Lipinski definition) is 3. The van der Waals surface area contributed by atoms with Gasteiger partial charge >= 0.3 is 0 Å². The third kappa shape index (κ3) is 4.14. The number of nitrogens with one attached hydrogen (secondary N) is 1. The van der Waals surface area contributed by atoms with Crippen molar-refractivity contribution in [3.63, 3.8) is 0 Å². The fourth-order valence-electron chi connectivity index (χ4n) is 3.40. The number of carbonyl (C=O) groups is 2. The zero-order chi connectivity index (χ0) is 22.0. The summed E-state index contributed by atoms with van der Waals surface area (Å²) in [5.74, 6) is -2.47. The average molecular weight is 410 g/mol. The molecule has 1 aromatic carbocycles. The molecule has 0 spiro atoms. The Morgan fingerprint density at radius 2 is 1.90 bits per heavy atom. The van der Waals surface area contributed by atoms with Gasteiger partial charge in [-0.15, -0.1) is 0 Å². The molecule has 156 valence electrons. The predicted molar refractivity (Wildman–Crippen MR) is 114 cm³/mol. The number of hydrogen-bond acceptors (Lipinski definition) is 6. The number of amides is 2. The van der Waals surface area contributed by atoms with Gasteiger partial charge in [0.25, 0.3) is 5.91 Å². The van der Waals surface area contributed by atoms with Crippen molar-refractivity contribution in [2.24, 2.45) is 17.4 Å². The second-order valence-electron chi connectivity index (χ2n) is 7.29. The molecule has 3 rings (SSSR count). The zero-order valence-corrected chi connectivity index (χ0v) is 16.9. The number of aromatic nitrogens is 2. The first-order valence-corrected chi connectivity index (χ1v) is 9.33. The normalized spacial score (nSPS) is 12.0. The largest absolute Gasteiger partial charge is 0.368 e. The molecule has 0 saturated heterocycles. The van der Waals surface area contributed by atoms with Gasteiger partial charge in [0.2, 0.25) is 5.91 Å². The molecule has 0 bridgehead atoms. The molecule has 1 unspecified atom stereocenters. The number of carbonyl (C=O) groups excluding carboxylic acids is 2. The van der Waals surface area contributed by atoms with Crippen molar-refractivity contribution >= 4 is 40.0 Å². The third-order valence-electron chi connectivity index (χ3n) is 4.76. The molecule has 0 aliphatic carbocycles. The van der Waals surface area contributed by atoms with Crippen LogP contribution in [-0.2, 0) is 4.79 Å². The van der Waals surface area contributed by atoms with Gasteiger partial charge in [-0.1, -0.05) is 19.9 Å². The maximum atomic E-state index is 14.8. The molecule has 3 aromatic rings. The lowest BCUT2D eigenvalue weighted by Crippen LogP contribution is -2.47. The zero-order valence-electron chi connectivity index (χ0n) is 16.9. The van der Waals surface area contributed by atoms with Crippen molar-refractivity contribution < 1.29 is 14.0 Å². The van der Waals surface area contributed by atoms with Crippen molar-refractivity contribution in [2.45, 2.75) is 19.9 Å². The SMILES string of the molecule is CC(C)C(C(N)=O)N(C)c1nc(Nc2ccc3ncccc3c2)c(C(N)=O)cc1F. The summed E-state index contributed by atoms with van der Waals surface area (Å²) < 4.78 is 14.8. The van der Waals surface area contributed by atoms with Crippen LogP contribution in [0.4, 0.5) is 21.7 Å². The maximum absolute atomic E-state index is 14.8. The summed E-state index contributed by atoms with van der Waals surface area (Å²) in [7, 11) is 1.52. The van der Waals surface area contributed by atoms with E-state index in [9.17, 15) is 14.0 Å². The summed E-state index contributed by atoms with van der Waals surface area (Å²) in [6, 6.07) is 9.30. The van der Waals surface area contributed by atoms with Gasteiger partial charge in [0, 0.05) is 24.3 Å². The summed E-state index contributed by atoms with van der Waals surface area (Å²) in [6.45, 7) is 3.59. The summed E-state index contributed by atoms with van der Waals surface area (Å²) in [5.41, 5.74) is 12.2. The Balaban J connectivity index is 2.06. The highest BCUT2D eigenvalue weighted by Crippen LogP contribution is 2.28. The molecular weight excluding hydrogens is 387 g/mol. The van der Waals surface area contributed by atoms with Gasteiger partial charge in [-0.25, -0.2) is 9.37 Å². The van der Waals surface area contributed by atoms with Crippen LogP contribution in [0.15, 0.2) is 42.6 Å². The number of nitrogens with two attached hydrogens (primary N) is 2. The van der Waals surface area contributed by atoms with E-state index in [0.29, 0.717) is 5.69 Å². The van der Waals surface area contributed by atoms with Crippen LogP contribution in [0, 0.1) is 11.7 Å². The minimum absolute atomic E-state index is 0.0703. The highest BCUT2D eigenvalue weighted by atomic mass is 19.1. The van der Waals surface area contributed by atoms with Gasteiger partial charge in [0.1, 0.15) is 11.9 Å². The maximum Gasteiger partial charge on any atom is 0.252 e. The second-order valence-corrected chi connectivity index (χ2v) is 7.29. The van der Waals surface area contributed by atoms with Gasteiger partial charge in [-0.2, -0.15) is 0 Å². The van der Waals surface area contributed by atoms with Crippen LogP contribution in [0.1, 0.15) is 24.2 Å². The molecule has 2 heterocycles. The van der Waals surface area contributed by atoms with Crippen LogP contribution < -0.4 is 21.7 Å². The summed E-state index contributed by atoms with van der Waals surface area (Å²) in [6.07, 6.45) is 1.69. The summed E-state index contributed by atoms with van der Waals surface area (Å²) >= 11 is 0. The molecule has 0 fully saturated rings. The Bertz CT molecular complexity index is 1120. The molecule has 5 N–H and O–H groups in total. The van der Waals surface area contributed by atoms with Crippen LogP contribution in [0.3, 0.4) is 0 Å². The number of rotatable bonds is 7. The first-order valence-electron chi connectivity index (χ1n) is 9.33. The fraction of sp³-hybridized carbons (Fsp3) is 0.238. The van der Waals surface area contributed by atoms with E-state index in [1.807, 2.05) is 12.1 Å². The highest BCUT2D eigenvalue weighted by Gasteiger charge is 2.28. The van der Waals surface area contributed by atoms with E-state index in [2.05, 4.69) is 15.3 Å². The van der Waals surface area contributed by atoms with Crippen molar-refractivity contribution in [1.82, 2.24) is 9.97 Å². The summed E-state index contributed by atoms with van der Waals surface area (Å²) in [4.78, 5) is 33.7. The Hall–Kier alpha value is -3.75. The van der Waals surface area contributed by atoms with E-state index in [-0.39, 0.29) is 23.1 Å². The molecule has 8 nitrogen and oxygen atoms in total. The average Bonchev–Trinajstić information content (AvgIpc) is 2.68. The molecular formula is C21H23FN6O2. The Morgan fingerprint density at radius 3 is 2.53 bits per heavy atom. The lowest BCUT2D eigenvalue weighted by atomic mass is 10.0. The van der Waals surface area contributed by atoms with E-state index in [0.717, 1.165) is 17.0 Å². The van der Waals surface area contributed by atoms with Gasteiger partial charge < -0.3 is 21.7 Å². The molecule has 0 radical (unpaired) electrons. The number of anilines is 3. The minimum atomic E-state index is -0.837. The van der Waals surface area contributed by atoms with Gasteiger partial charge in [0.15, 0.2) is 11.6 Å². The first-order chi connectivity index (χ1) is 14.2. The molecule has 2 amide bonds. The van der Waals surface area contributed by atoms with Crippen LogP contribution in [0.5, 0.6) is 0 Å².